The molecule has 23 heavy (non-hydrogen) atoms. The number of hydrogen-bond acceptors (Lipinski definition) is 2. The molecule has 1 fully saturated rings. The highest BCUT2D eigenvalue weighted by molar-refractivity contribution is 6.03. The molecule has 1 N–H and O–H groups in total. The second-order valence-corrected chi connectivity index (χ2v) is 5.36. The number of carbonyl (C=O) groups is 2. The van der Waals surface area contributed by atoms with E-state index in [0.29, 0.717) is 0 Å². The molecular weight excluding hydrogens is 302 g/mol. The third-order valence-electron chi connectivity index (χ3n) is 3.75. The topological polar surface area (TPSA) is 49.4 Å². The van der Waals surface area contributed by atoms with Crippen LogP contribution in [0.2, 0.25) is 0 Å². The summed E-state index contributed by atoms with van der Waals surface area (Å²) in [7, 11) is 0. The number of benzene rings is 2. The number of rotatable bonds is 3. The van der Waals surface area contributed by atoms with Gasteiger partial charge in [0.25, 0.3) is 0 Å². The number of nitrogens with zero attached hydrogens (tertiary/aromatic N) is 1. The smallest absolute Gasteiger partial charge is 0.229 e. The fourth-order valence-electron chi connectivity index (χ4n) is 2.56. The van der Waals surface area contributed by atoms with Gasteiger partial charge in [-0.2, -0.15) is 0 Å². The third-order valence-corrected chi connectivity index (χ3v) is 3.75. The maximum atomic E-state index is 13.2. The molecule has 3 rings (SSSR count). The van der Waals surface area contributed by atoms with Gasteiger partial charge in [-0.15, -0.1) is 0 Å². The van der Waals surface area contributed by atoms with Gasteiger partial charge in [0.05, 0.1) is 5.92 Å². The molecule has 6 heteroatoms. The quantitative estimate of drug-likeness (QED) is 0.946. The van der Waals surface area contributed by atoms with E-state index in [4.69, 9.17) is 0 Å². The van der Waals surface area contributed by atoms with E-state index in [1.807, 2.05) is 18.2 Å². The maximum Gasteiger partial charge on any atom is 0.229 e. The van der Waals surface area contributed by atoms with Crippen LogP contribution in [0.25, 0.3) is 0 Å². The molecule has 1 aliphatic rings. The number of para-hydroxylation sites is 1. The fourth-order valence-corrected chi connectivity index (χ4v) is 2.56. The van der Waals surface area contributed by atoms with E-state index in [1.54, 1.807) is 17.0 Å². The largest absolute Gasteiger partial charge is 0.326 e. The van der Waals surface area contributed by atoms with Crippen LogP contribution in [-0.2, 0) is 9.59 Å². The molecule has 4 nitrogen and oxygen atoms in total. The lowest BCUT2D eigenvalue weighted by atomic mass is 10.1. The van der Waals surface area contributed by atoms with E-state index in [-0.39, 0.29) is 30.5 Å². The molecule has 0 radical (unpaired) electrons. The molecule has 0 aromatic heterocycles. The SMILES string of the molecule is O=C(Nc1ccc(F)c(F)c1)[C@@H]1CC(=O)N(c2ccccc2)C1. The highest BCUT2D eigenvalue weighted by Gasteiger charge is 2.35. The molecular formula is C17H14F2N2O2. The van der Waals surface area contributed by atoms with Gasteiger partial charge in [0, 0.05) is 30.4 Å². The van der Waals surface area contributed by atoms with Crippen molar-refractivity contribution in [2.45, 2.75) is 6.42 Å². The van der Waals surface area contributed by atoms with E-state index >= 15 is 0 Å². The molecule has 2 aromatic rings. The summed E-state index contributed by atoms with van der Waals surface area (Å²) in [6, 6.07) is 12.2. The predicted octanol–water partition coefficient (Wildman–Crippen LogP) is 2.96. The maximum absolute atomic E-state index is 13.2. The molecule has 1 aliphatic heterocycles. The van der Waals surface area contributed by atoms with Crippen molar-refractivity contribution in [1.29, 1.82) is 0 Å². The van der Waals surface area contributed by atoms with Crippen molar-refractivity contribution in [3.63, 3.8) is 0 Å². The molecule has 1 saturated heterocycles. The van der Waals surface area contributed by atoms with E-state index in [9.17, 15) is 18.4 Å². The summed E-state index contributed by atoms with van der Waals surface area (Å²) < 4.78 is 26.1. The first kappa shape index (κ1) is 15.1. The number of hydrogen-bond donors (Lipinski definition) is 1. The van der Waals surface area contributed by atoms with Crippen LogP contribution in [-0.4, -0.2) is 18.4 Å². The summed E-state index contributed by atoms with van der Waals surface area (Å²) in [6.45, 7) is 0.262. The van der Waals surface area contributed by atoms with Gasteiger partial charge in [0.1, 0.15) is 0 Å². The first-order valence-corrected chi connectivity index (χ1v) is 7.16. The molecule has 0 aliphatic carbocycles. The Hall–Kier alpha value is -2.76. The van der Waals surface area contributed by atoms with Gasteiger partial charge < -0.3 is 10.2 Å². The third kappa shape index (κ3) is 3.21. The molecule has 2 aromatic carbocycles. The van der Waals surface area contributed by atoms with E-state index in [2.05, 4.69) is 5.32 Å². The molecule has 0 spiro atoms. The highest BCUT2D eigenvalue weighted by Crippen LogP contribution is 2.26. The monoisotopic (exact) mass is 316 g/mol. The summed E-state index contributed by atoms with van der Waals surface area (Å²) in [5.74, 6) is -3.06. The number of amides is 2. The van der Waals surface area contributed by atoms with E-state index in [0.717, 1.165) is 17.8 Å². The normalized spacial score (nSPS) is 17.4. The molecule has 1 atom stereocenters. The summed E-state index contributed by atoms with van der Waals surface area (Å²) in [5, 5.41) is 2.52. The zero-order chi connectivity index (χ0) is 16.4. The second kappa shape index (κ2) is 6.16. The highest BCUT2D eigenvalue weighted by atomic mass is 19.2. The molecule has 0 bridgehead atoms. The Balaban J connectivity index is 1.69. The van der Waals surface area contributed by atoms with E-state index < -0.39 is 17.6 Å². The Bertz CT molecular complexity index is 750. The zero-order valence-corrected chi connectivity index (χ0v) is 12.1. The minimum atomic E-state index is -1.03. The van der Waals surface area contributed by atoms with Crippen molar-refractivity contribution in [2.75, 3.05) is 16.8 Å². The first-order valence-electron chi connectivity index (χ1n) is 7.16. The van der Waals surface area contributed by atoms with Gasteiger partial charge in [0.15, 0.2) is 11.6 Å². The van der Waals surface area contributed by atoms with Crippen LogP contribution in [0, 0.1) is 17.6 Å². The Kier molecular flexibility index (Phi) is 4.06. The predicted molar refractivity (Wildman–Crippen MR) is 81.9 cm³/mol. The van der Waals surface area contributed by atoms with Crippen LogP contribution >= 0.6 is 0 Å². The minimum Gasteiger partial charge on any atom is -0.326 e. The van der Waals surface area contributed by atoms with Gasteiger partial charge in [-0.25, -0.2) is 8.78 Å². The van der Waals surface area contributed by atoms with Gasteiger partial charge in [-0.3, -0.25) is 9.59 Å². The van der Waals surface area contributed by atoms with Crippen LogP contribution in [0.3, 0.4) is 0 Å². The van der Waals surface area contributed by atoms with Gasteiger partial charge in [-0.05, 0) is 24.3 Å². The van der Waals surface area contributed by atoms with Crippen LogP contribution < -0.4 is 10.2 Å². The molecule has 2 amide bonds. The number of halogens is 2. The average Bonchev–Trinajstić information content (AvgIpc) is 2.94. The summed E-state index contributed by atoms with van der Waals surface area (Å²) in [6.07, 6.45) is 0.0877. The molecule has 118 valence electrons. The van der Waals surface area contributed by atoms with Crippen LogP contribution in [0.4, 0.5) is 20.2 Å². The lowest BCUT2D eigenvalue weighted by Gasteiger charge is -2.16. The summed E-state index contributed by atoms with van der Waals surface area (Å²) in [4.78, 5) is 25.9. The molecule has 0 unspecified atom stereocenters. The van der Waals surface area contributed by atoms with Crippen LogP contribution in [0.5, 0.6) is 0 Å². The van der Waals surface area contributed by atoms with Gasteiger partial charge in [-0.1, -0.05) is 18.2 Å². The van der Waals surface area contributed by atoms with Gasteiger partial charge in [0.2, 0.25) is 11.8 Å². The zero-order valence-electron chi connectivity index (χ0n) is 12.1. The van der Waals surface area contributed by atoms with Crippen molar-refractivity contribution < 1.29 is 18.4 Å². The van der Waals surface area contributed by atoms with Crippen molar-refractivity contribution in [3.05, 3.63) is 60.2 Å². The molecule has 0 saturated carbocycles. The minimum absolute atomic E-state index is 0.0877. The fraction of sp³-hybridized carbons (Fsp3) is 0.176. The standard InChI is InChI=1S/C17H14F2N2O2/c18-14-7-6-12(9-15(14)19)20-17(23)11-8-16(22)21(10-11)13-4-2-1-3-5-13/h1-7,9,11H,8,10H2,(H,20,23)/t11-/m1/s1. The number of anilines is 2. The summed E-state index contributed by atoms with van der Waals surface area (Å²) >= 11 is 0. The van der Waals surface area contributed by atoms with Crippen molar-refractivity contribution in [2.24, 2.45) is 5.92 Å². The Labute approximate surface area is 131 Å². The van der Waals surface area contributed by atoms with E-state index in [1.165, 1.54) is 6.07 Å². The summed E-state index contributed by atoms with van der Waals surface area (Å²) in [5.41, 5.74) is 0.903. The Morgan fingerprint density at radius 1 is 1.09 bits per heavy atom. The van der Waals surface area contributed by atoms with Crippen LogP contribution in [0.15, 0.2) is 48.5 Å². The van der Waals surface area contributed by atoms with Crippen LogP contribution in [0.1, 0.15) is 6.42 Å². The molecule has 1 heterocycles. The van der Waals surface area contributed by atoms with Crippen molar-refractivity contribution in [3.8, 4) is 0 Å². The lowest BCUT2D eigenvalue weighted by molar-refractivity contribution is -0.122. The number of nitrogens with one attached hydrogen (secondary N) is 1. The van der Waals surface area contributed by atoms with Crippen molar-refractivity contribution >= 4 is 23.2 Å². The Morgan fingerprint density at radius 3 is 2.52 bits per heavy atom. The number of carbonyl (C=O) groups excluding carboxylic acids is 2. The Morgan fingerprint density at radius 2 is 1.83 bits per heavy atom. The van der Waals surface area contributed by atoms with Crippen molar-refractivity contribution in [1.82, 2.24) is 0 Å². The lowest BCUT2D eigenvalue weighted by Crippen LogP contribution is -2.28. The first-order chi connectivity index (χ1) is 11.0. The second-order valence-electron chi connectivity index (χ2n) is 5.36. The average molecular weight is 316 g/mol. The van der Waals surface area contributed by atoms with Gasteiger partial charge >= 0.3 is 0 Å².